The van der Waals surface area contributed by atoms with Crippen molar-refractivity contribution in [3.05, 3.63) is 5.82 Å². The molecule has 1 N–H and O–H groups in total. The van der Waals surface area contributed by atoms with Crippen molar-refractivity contribution in [3.63, 3.8) is 0 Å². The molecule has 0 radical (unpaired) electrons. The van der Waals surface area contributed by atoms with E-state index in [0.717, 1.165) is 37.7 Å². The minimum Gasteiger partial charge on any atom is -0.356 e. The first-order valence-electron chi connectivity index (χ1n) is 7.99. The van der Waals surface area contributed by atoms with Crippen LogP contribution in [0, 0.1) is 11.8 Å². The Labute approximate surface area is 125 Å². The van der Waals surface area contributed by atoms with Crippen LogP contribution in [0.2, 0.25) is 0 Å². The summed E-state index contributed by atoms with van der Waals surface area (Å²) in [5, 5.41) is 7.08. The highest BCUT2D eigenvalue weighted by atomic mass is 16.5. The first kappa shape index (κ1) is 14.4. The molecule has 1 aliphatic carbocycles. The maximum atomic E-state index is 12.2. The first-order chi connectivity index (χ1) is 10.1. The molecule has 6 nitrogen and oxygen atoms in total. The lowest BCUT2D eigenvalue weighted by atomic mass is 9.97. The first-order valence-corrected chi connectivity index (χ1v) is 7.99. The van der Waals surface area contributed by atoms with Gasteiger partial charge in [-0.1, -0.05) is 19.0 Å². The Morgan fingerprint density at radius 2 is 2.24 bits per heavy atom. The van der Waals surface area contributed by atoms with Gasteiger partial charge in [0.15, 0.2) is 5.82 Å². The lowest BCUT2D eigenvalue weighted by Gasteiger charge is -2.30. The van der Waals surface area contributed by atoms with E-state index < -0.39 is 0 Å². The molecule has 6 heteroatoms. The van der Waals surface area contributed by atoms with Crippen molar-refractivity contribution in [2.45, 2.75) is 45.4 Å². The molecular formula is C15H24N4O2. The Balaban J connectivity index is 1.57. The van der Waals surface area contributed by atoms with Crippen LogP contribution in [0.3, 0.4) is 0 Å². The quantitative estimate of drug-likeness (QED) is 0.898. The fraction of sp³-hybridized carbons (Fsp3) is 0.800. The summed E-state index contributed by atoms with van der Waals surface area (Å²) in [6, 6.07) is 0.554. The van der Waals surface area contributed by atoms with Crippen LogP contribution >= 0.6 is 0 Å². The number of rotatable bonds is 5. The van der Waals surface area contributed by atoms with Gasteiger partial charge < -0.3 is 14.7 Å². The van der Waals surface area contributed by atoms with E-state index in [2.05, 4.69) is 15.5 Å². The Kier molecular flexibility index (Phi) is 4.12. The number of hydrogen-bond acceptors (Lipinski definition) is 5. The third kappa shape index (κ3) is 3.54. The van der Waals surface area contributed by atoms with E-state index in [0.29, 0.717) is 12.6 Å². The van der Waals surface area contributed by atoms with Gasteiger partial charge in [-0.2, -0.15) is 4.98 Å². The van der Waals surface area contributed by atoms with Crippen molar-refractivity contribution in [1.29, 1.82) is 0 Å². The zero-order valence-electron chi connectivity index (χ0n) is 12.8. The third-order valence-electron chi connectivity index (χ3n) is 4.27. The van der Waals surface area contributed by atoms with Crippen LogP contribution in [0.5, 0.6) is 0 Å². The van der Waals surface area contributed by atoms with E-state index in [1.807, 2.05) is 18.7 Å². The van der Waals surface area contributed by atoms with E-state index in [-0.39, 0.29) is 17.7 Å². The number of carbonyl (C=O) groups excluding carboxylic acids is 1. The molecule has 1 aromatic heterocycles. The third-order valence-corrected chi connectivity index (χ3v) is 4.27. The fourth-order valence-electron chi connectivity index (χ4n) is 2.67. The molecule has 1 aliphatic heterocycles. The number of anilines is 1. The fourth-order valence-corrected chi connectivity index (χ4v) is 2.67. The van der Waals surface area contributed by atoms with Gasteiger partial charge in [0.2, 0.25) is 5.91 Å². The molecule has 1 aromatic rings. The highest BCUT2D eigenvalue weighted by Gasteiger charge is 2.30. The Morgan fingerprint density at radius 1 is 1.43 bits per heavy atom. The van der Waals surface area contributed by atoms with Crippen LogP contribution in [0.4, 0.5) is 6.01 Å². The standard InChI is InChI=1S/C15H24N4O2/c1-10(2)13-17-15(21-18-13)19-7-3-4-12(9-19)14(20)16-8-11-5-6-11/h10-12H,3-9H2,1-2H3,(H,16,20). The summed E-state index contributed by atoms with van der Waals surface area (Å²) in [6.45, 7) is 6.48. The number of hydrogen-bond donors (Lipinski definition) is 1. The Bertz CT molecular complexity index is 496. The predicted octanol–water partition coefficient (Wildman–Crippen LogP) is 1.94. The Hall–Kier alpha value is -1.59. The van der Waals surface area contributed by atoms with Crippen LogP contribution in [-0.4, -0.2) is 35.7 Å². The van der Waals surface area contributed by atoms with Gasteiger partial charge >= 0.3 is 6.01 Å². The number of piperidine rings is 1. The molecule has 1 atom stereocenters. The summed E-state index contributed by atoms with van der Waals surface area (Å²) >= 11 is 0. The summed E-state index contributed by atoms with van der Waals surface area (Å²) in [5.74, 6) is 1.91. The van der Waals surface area contributed by atoms with E-state index in [1.165, 1.54) is 12.8 Å². The summed E-state index contributed by atoms with van der Waals surface area (Å²) < 4.78 is 5.33. The normalized spacial score (nSPS) is 22.6. The molecule has 2 aliphatic rings. The topological polar surface area (TPSA) is 71.3 Å². The predicted molar refractivity (Wildman–Crippen MR) is 79.1 cm³/mol. The van der Waals surface area contributed by atoms with Crippen molar-refractivity contribution < 1.29 is 9.32 Å². The molecule has 0 bridgehead atoms. The maximum Gasteiger partial charge on any atom is 0.324 e. The second-order valence-corrected chi connectivity index (χ2v) is 6.56. The van der Waals surface area contributed by atoms with Gasteiger partial charge in [-0.25, -0.2) is 0 Å². The number of amides is 1. The lowest BCUT2D eigenvalue weighted by molar-refractivity contribution is -0.125. The van der Waals surface area contributed by atoms with Crippen LogP contribution < -0.4 is 10.2 Å². The number of carbonyl (C=O) groups is 1. The summed E-state index contributed by atoms with van der Waals surface area (Å²) in [6.07, 6.45) is 4.45. The molecule has 116 valence electrons. The number of nitrogens with one attached hydrogen (secondary N) is 1. The Morgan fingerprint density at radius 3 is 2.90 bits per heavy atom. The molecule has 0 spiro atoms. The van der Waals surface area contributed by atoms with Gasteiger partial charge in [0, 0.05) is 25.6 Å². The van der Waals surface area contributed by atoms with Gasteiger partial charge in [-0.15, -0.1) is 0 Å². The van der Waals surface area contributed by atoms with Gasteiger partial charge in [0.1, 0.15) is 0 Å². The van der Waals surface area contributed by atoms with Crippen molar-refractivity contribution in [2.24, 2.45) is 11.8 Å². The van der Waals surface area contributed by atoms with Crippen molar-refractivity contribution in [1.82, 2.24) is 15.5 Å². The molecule has 0 aromatic carbocycles. The zero-order chi connectivity index (χ0) is 14.8. The van der Waals surface area contributed by atoms with Crippen LogP contribution in [0.25, 0.3) is 0 Å². The summed E-state index contributed by atoms with van der Waals surface area (Å²) in [7, 11) is 0. The molecular weight excluding hydrogens is 268 g/mol. The SMILES string of the molecule is CC(C)c1noc(N2CCCC(C(=O)NCC3CC3)C2)n1. The zero-order valence-corrected chi connectivity index (χ0v) is 12.8. The van der Waals surface area contributed by atoms with Crippen LogP contribution in [0.15, 0.2) is 4.52 Å². The number of aromatic nitrogens is 2. The molecule has 21 heavy (non-hydrogen) atoms. The number of nitrogens with zero attached hydrogens (tertiary/aromatic N) is 3. The average molecular weight is 292 g/mol. The average Bonchev–Trinajstić information content (AvgIpc) is 3.18. The molecule has 1 saturated heterocycles. The lowest BCUT2D eigenvalue weighted by Crippen LogP contribution is -2.43. The van der Waals surface area contributed by atoms with Crippen LogP contribution in [0.1, 0.15) is 51.3 Å². The van der Waals surface area contributed by atoms with E-state index >= 15 is 0 Å². The van der Waals surface area contributed by atoms with Crippen molar-refractivity contribution in [3.8, 4) is 0 Å². The smallest absolute Gasteiger partial charge is 0.324 e. The molecule has 1 amide bonds. The minimum atomic E-state index is 0.0342. The maximum absolute atomic E-state index is 12.2. The van der Waals surface area contributed by atoms with Crippen molar-refractivity contribution >= 4 is 11.9 Å². The van der Waals surface area contributed by atoms with Crippen molar-refractivity contribution in [2.75, 3.05) is 24.5 Å². The van der Waals surface area contributed by atoms with Gasteiger partial charge in [0.25, 0.3) is 0 Å². The van der Waals surface area contributed by atoms with Crippen LogP contribution in [-0.2, 0) is 4.79 Å². The van der Waals surface area contributed by atoms with E-state index in [4.69, 9.17) is 4.52 Å². The van der Waals surface area contributed by atoms with Gasteiger partial charge in [-0.05, 0) is 31.6 Å². The second-order valence-electron chi connectivity index (χ2n) is 6.56. The molecule has 3 rings (SSSR count). The van der Waals surface area contributed by atoms with Gasteiger partial charge in [0.05, 0.1) is 5.92 Å². The molecule has 1 saturated carbocycles. The molecule has 1 unspecified atom stereocenters. The summed E-state index contributed by atoms with van der Waals surface area (Å²) in [4.78, 5) is 18.7. The second kappa shape index (κ2) is 6.03. The van der Waals surface area contributed by atoms with E-state index in [9.17, 15) is 4.79 Å². The minimum absolute atomic E-state index is 0.0342. The molecule has 2 fully saturated rings. The van der Waals surface area contributed by atoms with E-state index in [1.54, 1.807) is 0 Å². The highest BCUT2D eigenvalue weighted by Crippen LogP contribution is 2.28. The summed E-state index contributed by atoms with van der Waals surface area (Å²) in [5.41, 5.74) is 0. The molecule has 2 heterocycles. The largest absolute Gasteiger partial charge is 0.356 e. The van der Waals surface area contributed by atoms with Gasteiger partial charge in [-0.3, -0.25) is 4.79 Å². The monoisotopic (exact) mass is 292 g/mol. The highest BCUT2D eigenvalue weighted by molar-refractivity contribution is 5.79.